The zero-order valence-electron chi connectivity index (χ0n) is 15.0. The summed E-state index contributed by atoms with van der Waals surface area (Å²) in [4.78, 5) is 15.9. The minimum absolute atomic E-state index is 0.109. The van der Waals surface area contributed by atoms with Crippen LogP contribution in [-0.2, 0) is 10.0 Å². The van der Waals surface area contributed by atoms with E-state index in [1.165, 1.54) is 4.52 Å². The van der Waals surface area contributed by atoms with Gasteiger partial charge in [-0.3, -0.25) is 4.79 Å². The molecule has 0 fully saturated rings. The number of carbonyl (C=O) groups is 1. The lowest BCUT2D eigenvalue weighted by Gasteiger charge is -1.95. The zero-order valence-corrected chi connectivity index (χ0v) is 21.4. The molecule has 0 spiro atoms. The fourth-order valence-corrected chi connectivity index (χ4v) is 4.63. The molecule has 0 aliphatic heterocycles. The Balaban J connectivity index is 0.000000199. The summed E-state index contributed by atoms with van der Waals surface area (Å²) in [5.41, 5.74) is 2.40. The number of carbonyl (C=O) groups excluding carboxylic acids is 1. The molecule has 12 heteroatoms. The number of ketones is 1. The third-order valence-corrected chi connectivity index (χ3v) is 7.49. The number of imidazole rings is 1. The SMILES string of the molecule is NS(=O)(=O)c1nn2cc(-c3ccc(Br)cc3)nc2s1.O=C(CBr)c1ccc(Br)cc1. The van der Waals surface area contributed by atoms with Gasteiger partial charge in [-0.1, -0.05) is 83.4 Å². The Morgan fingerprint density at radius 1 is 1.03 bits per heavy atom. The van der Waals surface area contributed by atoms with Crippen LogP contribution in [0, 0.1) is 0 Å². The molecule has 2 aromatic heterocycles. The van der Waals surface area contributed by atoms with Gasteiger partial charge in [-0.05, 0) is 24.3 Å². The molecule has 0 atom stereocenters. The van der Waals surface area contributed by atoms with Crippen molar-refractivity contribution in [2.45, 2.75) is 4.34 Å². The van der Waals surface area contributed by atoms with Crippen LogP contribution in [0.4, 0.5) is 0 Å². The molecule has 2 aromatic carbocycles. The van der Waals surface area contributed by atoms with Crippen molar-refractivity contribution in [3.05, 3.63) is 69.2 Å². The highest BCUT2D eigenvalue weighted by Crippen LogP contribution is 2.24. The van der Waals surface area contributed by atoms with E-state index < -0.39 is 10.0 Å². The molecule has 2 N–H and O–H groups in total. The summed E-state index contributed by atoms with van der Waals surface area (Å²) in [6.07, 6.45) is 1.67. The van der Waals surface area contributed by atoms with E-state index in [-0.39, 0.29) is 10.1 Å². The molecule has 0 radical (unpaired) electrons. The van der Waals surface area contributed by atoms with E-state index in [0.29, 0.717) is 10.3 Å². The number of Topliss-reactive ketones (excluding diaryl/α,β-unsaturated/α-hetero) is 1. The van der Waals surface area contributed by atoms with Crippen molar-refractivity contribution < 1.29 is 13.2 Å². The molecular weight excluding hydrogens is 624 g/mol. The summed E-state index contributed by atoms with van der Waals surface area (Å²) >= 11 is 10.7. The van der Waals surface area contributed by atoms with Gasteiger partial charge in [0.2, 0.25) is 9.30 Å². The lowest BCUT2D eigenvalue weighted by Crippen LogP contribution is -2.12. The second-order valence-electron chi connectivity index (χ2n) is 5.84. The number of rotatable bonds is 4. The molecule has 0 saturated heterocycles. The third-order valence-electron chi connectivity index (χ3n) is 3.70. The average molecular weight is 637 g/mol. The van der Waals surface area contributed by atoms with Gasteiger partial charge in [-0.2, -0.15) is 0 Å². The zero-order chi connectivity index (χ0) is 21.9. The summed E-state index contributed by atoms with van der Waals surface area (Å²) in [5, 5.41) is 9.30. The molecule has 30 heavy (non-hydrogen) atoms. The van der Waals surface area contributed by atoms with Gasteiger partial charge in [0.25, 0.3) is 10.0 Å². The number of alkyl halides is 1. The number of hydrogen-bond donors (Lipinski definition) is 1. The highest BCUT2D eigenvalue weighted by Gasteiger charge is 2.17. The van der Waals surface area contributed by atoms with Crippen molar-refractivity contribution in [2.75, 3.05) is 5.33 Å². The van der Waals surface area contributed by atoms with Gasteiger partial charge in [0.15, 0.2) is 5.78 Å². The summed E-state index contributed by atoms with van der Waals surface area (Å²) in [6, 6.07) is 15.0. The van der Waals surface area contributed by atoms with Crippen LogP contribution in [0.25, 0.3) is 16.2 Å². The van der Waals surface area contributed by atoms with E-state index in [4.69, 9.17) is 5.14 Å². The summed E-state index contributed by atoms with van der Waals surface area (Å²) in [6.45, 7) is 0. The first-order chi connectivity index (χ1) is 14.2. The van der Waals surface area contributed by atoms with Gasteiger partial charge in [-0.15, -0.1) is 5.10 Å². The maximum atomic E-state index is 11.2. The molecule has 0 bridgehead atoms. The maximum absolute atomic E-state index is 11.2. The molecule has 0 amide bonds. The van der Waals surface area contributed by atoms with Gasteiger partial charge in [-0.25, -0.2) is 23.1 Å². The molecule has 0 aliphatic rings. The number of fused-ring (bicyclic) bond motifs is 1. The number of benzene rings is 2. The lowest BCUT2D eigenvalue weighted by molar-refractivity contribution is 0.102. The van der Waals surface area contributed by atoms with Gasteiger partial charge in [0.1, 0.15) is 0 Å². The Morgan fingerprint density at radius 3 is 2.10 bits per heavy atom. The molecule has 0 aliphatic carbocycles. The van der Waals surface area contributed by atoms with Crippen molar-refractivity contribution in [1.29, 1.82) is 0 Å². The van der Waals surface area contributed by atoms with Crippen LogP contribution >= 0.6 is 59.1 Å². The van der Waals surface area contributed by atoms with Crippen LogP contribution in [0.2, 0.25) is 0 Å². The van der Waals surface area contributed by atoms with Crippen LogP contribution in [0.1, 0.15) is 10.4 Å². The summed E-state index contributed by atoms with van der Waals surface area (Å²) < 4.78 is 25.6. The first-order valence-corrected chi connectivity index (χ1v) is 13.2. The molecule has 4 rings (SSSR count). The number of sulfonamides is 1. The molecule has 4 aromatic rings. The van der Waals surface area contributed by atoms with E-state index in [1.807, 2.05) is 36.4 Å². The number of aromatic nitrogens is 3. The lowest BCUT2D eigenvalue weighted by atomic mass is 10.2. The largest absolute Gasteiger partial charge is 0.293 e. The predicted octanol–water partition coefficient (Wildman–Crippen LogP) is 4.89. The van der Waals surface area contributed by atoms with Crippen LogP contribution in [0.3, 0.4) is 0 Å². The van der Waals surface area contributed by atoms with Crippen molar-refractivity contribution in [2.24, 2.45) is 5.14 Å². The van der Waals surface area contributed by atoms with Crippen molar-refractivity contribution in [1.82, 2.24) is 14.6 Å². The minimum Gasteiger partial charge on any atom is -0.293 e. The first kappa shape index (κ1) is 23.2. The van der Waals surface area contributed by atoms with Gasteiger partial charge in [0, 0.05) is 20.1 Å². The monoisotopic (exact) mass is 634 g/mol. The average Bonchev–Trinajstić information content (AvgIpc) is 3.28. The minimum atomic E-state index is -3.78. The van der Waals surface area contributed by atoms with E-state index in [2.05, 4.69) is 57.9 Å². The fourth-order valence-electron chi connectivity index (χ4n) is 2.27. The number of primary sulfonamides is 1. The van der Waals surface area contributed by atoms with E-state index >= 15 is 0 Å². The van der Waals surface area contributed by atoms with E-state index in [1.54, 1.807) is 18.3 Å². The number of nitrogens with zero attached hydrogens (tertiary/aromatic N) is 3. The van der Waals surface area contributed by atoms with Crippen LogP contribution < -0.4 is 5.14 Å². The topological polar surface area (TPSA) is 107 Å². The Hall–Kier alpha value is -1.44. The van der Waals surface area contributed by atoms with Crippen molar-refractivity contribution >= 4 is 79.9 Å². The van der Waals surface area contributed by atoms with Gasteiger partial charge in [0.05, 0.1) is 17.2 Å². The Morgan fingerprint density at radius 2 is 1.60 bits per heavy atom. The van der Waals surface area contributed by atoms with Crippen LogP contribution in [-0.4, -0.2) is 34.1 Å². The van der Waals surface area contributed by atoms with Crippen molar-refractivity contribution in [3.8, 4) is 11.3 Å². The normalized spacial score (nSPS) is 11.2. The van der Waals surface area contributed by atoms with Crippen LogP contribution in [0.15, 0.2) is 68.0 Å². The predicted molar refractivity (Wildman–Crippen MR) is 128 cm³/mol. The number of nitrogens with two attached hydrogens (primary N) is 1. The summed E-state index contributed by atoms with van der Waals surface area (Å²) in [5.74, 6) is 0.109. The van der Waals surface area contributed by atoms with Crippen LogP contribution in [0.5, 0.6) is 0 Å². The summed E-state index contributed by atoms with van der Waals surface area (Å²) in [7, 11) is -3.78. The van der Waals surface area contributed by atoms with E-state index in [9.17, 15) is 13.2 Å². The standard InChI is InChI=1S/C10H7BrN4O2S2.C8H6Br2O/c11-7-3-1-6(2-4-7)8-5-15-9(13-8)18-10(14-15)19(12,16)17;9-5-8(11)6-1-3-7(10)4-2-6/h1-5H,(H2,12,16,17);1-4H,5H2. The molecule has 156 valence electrons. The van der Waals surface area contributed by atoms with Gasteiger partial charge < -0.3 is 0 Å². The highest BCUT2D eigenvalue weighted by atomic mass is 79.9. The quantitative estimate of drug-likeness (QED) is 0.253. The maximum Gasteiger partial charge on any atom is 0.267 e. The Kier molecular flexibility index (Phi) is 7.58. The smallest absolute Gasteiger partial charge is 0.267 e. The number of halogens is 3. The Labute approximate surface area is 201 Å². The van der Waals surface area contributed by atoms with Gasteiger partial charge >= 0.3 is 0 Å². The fraction of sp³-hybridized carbons (Fsp3) is 0.0556. The second kappa shape index (κ2) is 9.79. The molecular formula is C18H13Br3N4O3S2. The molecule has 7 nitrogen and oxygen atoms in total. The second-order valence-corrected chi connectivity index (χ2v) is 10.9. The van der Waals surface area contributed by atoms with E-state index in [0.717, 1.165) is 37.1 Å². The molecule has 0 unspecified atom stereocenters. The molecule has 2 heterocycles. The molecule has 0 saturated carbocycles. The first-order valence-electron chi connectivity index (χ1n) is 8.17. The van der Waals surface area contributed by atoms with Crippen molar-refractivity contribution in [3.63, 3.8) is 0 Å². The Bertz CT molecular complexity index is 1250. The third kappa shape index (κ3) is 5.83. The highest BCUT2D eigenvalue weighted by molar-refractivity contribution is 9.10. The number of hydrogen-bond acceptors (Lipinski definition) is 6.